The maximum absolute atomic E-state index is 11.7. The van der Waals surface area contributed by atoms with Gasteiger partial charge in [0.05, 0.1) is 6.54 Å². The zero-order chi connectivity index (χ0) is 11.9. The molecule has 0 aliphatic heterocycles. The average molecular weight is 210 g/mol. The van der Waals surface area contributed by atoms with Gasteiger partial charge in [-0.25, -0.2) is 0 Å². The highest BCUT2D eigenvalue weighted by atomic mass is 16.2. The van der Waals surface area contributed by atoms with Crippen LogP contribution in [0.3, 0.4) is 0 Å². The first kappa shape index (κ1) is 14.0. The molecule has 0 unspecified atom stereocenters. The fourth-order valence-electron chi connectivity index (χ4n) is 1.26. The van der Waals surface area contributed by atoms with Gasteiger partial charge in [-0.15, -0.1) is 6.42 Å². The van der Waals surface area contributed by atoms with Crippen molar-refractivity contribution < 1.29 is 4.79 Å². The van der Waals surface area contributed by atoms with Crippen molar-refractivity contribution in [3.8, 4) is 12.3 Å². The Kier molecular flexibility index (Phi) is 6.03. The Balaban J connectivity index is 4.09. The van der Waals surface area contributed by atoms with Gasteiger partial charge >= 0.3 is 0 Å². The van der Waals surface area contributed by atoms with Crippen LogP contribution in [0.1, 0.15) is 40.0 Å². The van der Waals surface area contributed by atoms with Crippen LogP contribution in [0.15, 0.2) is 0 Å². The van der Waals surface area contributed by atoms with Crippen LogP contribution in [0.5, 0.6) is 0 Å². The second-order valence-corrected chi connectivity index (χ2v) is 4.51. The lowest BCUT2D eigenvalue weighted by molar-refractivity contribution is -0.131. The quantitative estimate of drug-likeness (QED) is 0.673. The monoisotopic (exact) mass is 210 g/mol. The van der Waals surface area contributed by atoms with Crippen LogP contribution in [0.25, 0.3) is 0 Å². The van der Waals surface area contributed by atoms with E-state index in [0.29, 0.717) is 19.4 Å². The standard InChI is InChI=1S/C12H22N2O/c1-5-9-14(10-6-2)11(15)7-8-12(3,4)13/h1H,6-10,13H2,2-4H3. The van der Waals surface area contributed by atoms with Gasteiger partial charge in [0.1, 0.15) is 0 Å². The van der Waals surface area contributed by atoms with Crippen molar-refractivity contribution in [3.05, 3.63) is 0 Å². The lowest BCUT2D eigenvalue weighted by atomic mass is 10.00. The van der Waals surface area contributed by atoms with Crippen LogP contribution in [-0.2, 0) is 4.79 Å². The van der Waals surface area contributed by atoms with Gasteiger partial charge in [-0.2, -0.15) is 0 Å². The van der Waals surface area contributed by atoms with Crippen molar-refractivity contribution in [1.29, 1.82) is 0 Å². The molecule has 3 nitrogen and oxygen atoms in total. The van der Waals surface area contributed by atoms with Crippen molar-refractivity contribution in [2.24, 2.45) is 5.73 Å². The van der Waals surface area contributed by atoms with Gasteiger partial charge in [-0.1, -0.05) is 12.8 Å². The van der Waals surface area contributed by atoms with Crippen molar-refractivity contribution in [2.75, 3.05) is 13.1 Å². The van der Waals surface area contributed by atoms with Gasteiger partial charge in [0, 0.05) is 18.5 Å². The first-order chi connectivity index (χ1) is 6.90. The summed E-state index contributed by atoms with van der Waals surface area (Å²) in [6, 6.07) is 0. The van der Waals surface area contributed by atoms with Gasteiger partial charge in [-0.05, 0) is 26.7 Å². The summed E-state index contributed by atoms with van der Waals surface area (Å²) in [6.45, 7) is 7.01. The predicted octanol–water partition coefficient (Wildman–Crippen LogP) is 1.38. The minimum Gasteiger partial charge on any atom is -0.332 e. The number of carbonyl (C=O) groups is 1. The third-order valence-electron chi connectivity index (χ3n) is 2.11. The highest BCUT2D eigenvalue weighted by Crippen LogP contribution is 2.09. The maximum Gasteiger partial charge on any atom is 0.223 e. The lowest BCUT2D eigenvalue weighted by Crippen LogP contribution is -2.36. The number of rotatable bonds is 6. The zero-order valence-corrected chi connectivity index (χ0v) is 10.0. The first-order valence-corrected chi connectivity index (χ1v) is 5.41. The molecule has 0 saturated carbocycles. The summed E-state index contributed by atoms with van der Waals surface area (Å²) < 4.78 is 0. The highest BCUT2D eigenvalue weighted by Gasteiger charge is 2.16. The third-order valence-corrected chi connectivity index (χ3v) is 2.11. The smallest absolute Gasteiger partial charge is 0.223 e. The number of hydrogen-bond donors (Lipinski definition) is 1. The van der Waals surface area contributed by atoms with Crippen LogP contribution < -0.4 is 5.73 Å². The van der Waals surface area contributed by atoms with E-state index >= 15 is 0 Å². The van der Waals surface area contributed by atoms with Crippen LogP contribution in [0.2, 0.25) is 0 Å². The van der Waals surface area contributed by atoms with Crippen LogP contribution >= 0.6 is 0 Å². The van der Waals surface area contributed by atoms with Crippen LogP contribution in [-0.4, -0.2) is 29.4 Å². The summed E-state index contributed by atoms with van der Waals surface area (Å²) in [5.74, 6) is 2.61. The Bertz CT molecular complexity index is 235. The third kappa shape index (κ3) is 6.98. The van der Waals surface area contributed by atoms with E-state index in [2.05, 4.69) is 5.92 Å². The molecule has 0 aromatic carbocycles. The molecule has 0 heterocycles. The molecular weight excluding hydrogens is 188 g/mol. The molecule has 0 aromatic heterocycles. The van der Waals surface area contributed by atoms with E-state index in [9.17, 15) is 4.79 Å². The van der Waals surface area contributed by atoms with Gasteiger partial charge in [0.25, 0.3) is 0 Å². The van der Waals surface area contributed by atoms with E-state index in [-0.39, 0.29) is 11.4 Å². The Morgan fingerprint density at radius 1 is 1.53 bits per heavy atom. The second kappa shape index (κ2) is 6.47. The number of nitrogens with zero attached hydrogens (tertiary/aromatic N) is 1. The summed E-state index contributed by atoms with van der Waals surface area (Å²) in [4.78, 5) is 13.5. The van der Waals surface area contributed by atoms with Gasteiger partial charge in [-0.3, -0.25) is 4.79 Å². The van der Waals surface area contributed by atoms with Crippen molar-refractivity contribution in [2.45, 2.75) is 45.6 Å². The molecule has 86 valence electrons. The Morgan fingerprint density at radius 3 is 2.53 bits per heavy atom. The van der Waals surface area contributed by atoms with Crippen LogP contribution in [0.4, 0.5) is 0 Å². The van der Waals surface area contributed by atoms with Gasteiger partial charge in [0.15, 0.2) is 0 Å². The van der Waals surface area contributed by atoms with Gasteiger partial charge in [0.2, 0.25) is 5.91 Å². The van der Waals surface area contributed by atoms with Crippen molar-refractivity contribution >= 4 is 5.91 Å². The second-order valence-electron chi connectivity index (χ2n) is 4.51. The molecule has 0 spiro atoms. The van der Waals surface area contributed by atoms with E-state index in [4.69, 9.17) is 12.2 Å². The molecule has 15 heavy (non-hydrogen) atoms. The lowest BCUT2D eigenvalue weighted by Gasteiger charge is -2.22. The molecule has 0 aromatic rings. The summed E-state index contributed by atoms with van der Waals surface area (Å²) in [5.41, 5.74) is 5.53. The molecule has 0 atom stereocenters. The van der Waals surface area contributed by atoms with Crippen molar-refractivity contribution in [1.82, 2.24) is 4.90 Å². The SMILES string of the molecule is C#CCN(CCC)C(=O)CCC(C)(C)N. The summed E-state index contributed by atoms with van der Waals surface area (Å²) >= 11 is 0. The Hall–Kier alpha value is -1.01. The fourth-order valence-corrected chi connectivity index (χ4v) is 1.26. The zero-order valence-electron chi connectivity index (χ0n) is 10.0. The number of hydrogen-bond acceptors (Lipinski definition) is 2. The number of nitrogens with two attached hydrogens (primary N) is 1. The molecule has 0 rings (SSSR count). The molecule has 0 bridgehead atoms. The molecule has 0 aliphatic carbocycles. The molecule has 0 fully saturated rings. The number of amides is 1. The molecule has 0 radical (unpaired) electrons. The minimum absolute atomic E-state index is 0.105. The van der Waals surface area contributed by atoms with E-state index < -0.39 is 0 Å². The molecular formula is C12H22N2O. The number of carbonyl (C=O) groups excluding carboxylic acids is 1. The molecule has 1 amide bonds. The van der Waals surface area contributed by atoms with Crippen molar-refractivity contribution in [3.63, 3.8) is 0 Å². The normalized spacial score (nSPS) is 10.9. The predicted molar refractivity (Wildman–Crippen MR) is 63.2 cm³/mol. The summed E-state index contributed by atoms with van der Waals surface area (Å²) in [5, 5.41) is 0. The summed E-state index contributed by atoms with van der Waals surface area (Å²) in [6.07, 6.45) is 7.31. The average Bonchev–Trinajstić information content (AvgIpc) is 2.13. The molecule has 0 aliphatic rings. The number of terminal acetylenes is 1. The topological polar surface area (TPSA) is 46.3 Å². The largest absolute Gasteiger partial charge is 0.332 e. The van der Waals surface area contributed by atoms with Gasteiger partial charge < -0.3 is 10.6 Å². The molecule has 2 N–H and O–H groups in total. The first-order valence-electron chi connectivity index (χ1n) is 5.41. The van der Waals surface area contributed by atoms with Crippen LogP contribution in [0, 0.1) is 12.3 Å². The minimum atomic E-state index is -0.288. The maximum atomic E-state index is 11.7. The van der Waals surface area contributed by atoms with E-state index in [1.54, 1.807) is 4.90 Å². The summed E-state index contributed by atoms with van der Waals surface area (Å²) in [7, 11) is 0. The van der Waals surface area contributed by atoms with E-state index in [0.717, 1.165) is 13.0 Å². The highest BCUT2D eigenvalue weighted by molar-refractivity contribution is 5.76. The van der Waals surface area contributed by atoms with E-state index in [1.807, 2.05) is 20.8 Å². The Labute approximate surface area is 93.0 Å². The van der Waals surface area contributed by atoms with E-state index in [1.165, 1.54) is 0 Å². The fraction of sp³-hybridized carbons (Fsp3) is 0.750. The Morgan fingerprint density at radius 2 is 2.13 bits per heavy atom. The molecule has 0 saturated heterocycles. The molecule has 3 heteroatoms.